The standard InChI is InChI=1S/C11H14F2O/c1-7(14)6-9-4-3-5-10(13)11(9)8(2)12/h3-5,7-8,14H,6H2,1-2H3. The highest BCUT2D eigenvalue weighted by Crippen LogP contribution is 2.25. The smallest absolute Gasteiger partial charge is 0.129 e. The summed E-state index contributed by atoms with van der Waals surface area (Å²) < 4.78 is 26.3. The molecule has 0 fully saturated rings. The van der Waals surface area contributed by atoms with E-state index in [0.29, 0.717) is 5.56 Å². The molecular formula is C11H14F2O. The molecule has 14 heavy (non-hydrogen) atoms. The fourth-order valence-corrected chi connectivity index (χ4v) is 1.52. The average molecular weight is 200 g/mol. The molecule has 2 unspecified atom stereocenters. The topological polar surface area (TPSA) is 20.2 Å². The normalized spacial score (nSPS) is 15.2. The van der Waals surface area contributed by atoms with E-state index < -0.39 is 18.1 Å². The monoisotopic (exact) mass is 200 g/mol. The van der Waals surface area contributed by atoms with E-state index in [-0.39, 0.29) is 12.0 Å². The van der Waals surface area contributed by atoms with Gasteiger partial charge in [0.25, 0.3) is 0 Å². The van der Waals surface area contributed by atoms with Gasteiger partial charge in [-0.25, -0.2) is 8.78 Å². The van der Waals surface area contributed by atoms with Crippen molar-refractivity contribution in [2.24, 2.45) is 0 Å². The van der Waals surface area contributed by atoms with Crippen LogP contribution in [0.2, 0.25) is 0 Å². The van der Waals surface area contributed by atoms with Crippen LogP contribution < -0.4 is 0 Å². The number of halogens is 2. The minimum Gasteiger partial charge on any atom is -0.393 e. The van der Waals surface area contributed by atoms with Crippen molar-refractivity contribution in [2.45, 2.75) is 32.5 Å². The third kappa shape index (κ3) is 2.51. The Bertz CT molecular complexity index is 308. The summed E-state index contributed by atoms with van der Waals surface area (Å²) in [7, 11) is 0. The van der Waals surface area contributed by atoms with Crippen LogP contribution in [0.1, 0.15) is 31.1 Å². The molecule has 0 bridgehead atoms. The Labute approximate surface area is 82.4 Å². The van der Waals surface area contributed by atoms with Crippen molar-refractivity contribution in [3.8, 4) is 0 Å². The van der Waals surface area contributed by atoms with Crippen LogP contribution in [0.25, 0.3) is 0 Å². The fraction of sp³-hybridized carbons (Fsp3) is 0.455. The molecule has 0 saturated carbocycles. The molecule has 0 aliphatic heterocycles. The van der Waals surface area contributed by atoms with E-state index in [2.05, 4.69) is 0 Å². The second-order valence-corrected chi connectivity index (χ2v) is 3.48. The van der Waals surface area contributed by atoms with Gasteiger partial charge in [-0.1, -0.05) is 12.1 Å². The molecule has 3 heteroatoms. The lowest BCUT2D eigenvalue weighted by Crippen LogP contribution is -2.08. The van der Waals surface area contributed by atoms with Crippen LogP contribution in [0.4, 0.5) is 8.78 Å². The van der Waals surface area contributed by atoms with E-state index in [9.17, 15) is 8.78 Å². The molecule has 0 heterocycles. The maximum atomic E-state index is 13.2. The van der Waals surface area contributed by atoms with Gasteiger partial charge in [-0.05, 0) is 31.9 Å². The lowest BCUT2D eigenvalue weighted by molar-refractivity contribution is 0.194. The van der Waals surface area contributed by atoms with Gasteiger partial charge in [-0.3, -0.25) is 0 Å². The zero-order chi connectivity index (χ0) is 10.7. The van der Waals surface area contributed by atoms with Gasteiger partial charge in [0, 0.05) is 5.56 Å². The van der Waals surface area contributed by atoms with Gasteiger partial charge < -0.3 is 5.11 Å². The van der Waals surface area contributed by atoms with E-state index in [4.69, 9.17) is 5.11 Å². The minimum absolute atomic E-state index is 0.0633. The van der Waals surface area contributed by atoms with E-state index in [1.54, 1.807) is 13.0 Å². The van der Waals surface area contributed by atoms with Crippen molar-refractivity contribution < 1.29 is 13.9 Å². The van der Waals surface area contributed by atoms with Crippen molar-refractivity contribution >= 4 is 0 Å². The molecule has 1 aromatic rings. The van der Waals surface area contributed by atoms with Crippen LogP contribution in [-0.4, -0.2) is 11.2 Å². The van der Waals surface area contributed by atoms with E-state index in [1.165, 1.54) is 19.1 Å². The molecular weight excluding hydrogens is 186 g/mol. The summed E-state index contributed by atoms with van der Waals surface area (Å²) in [6.45, 7) is 2.89. The quantitative estimate of drug-likeness (QED) is 0.795. The van der Waals surface area contributed by atoms with Crippen molar-refractivity contribution in [3.05, 3.63) is 35.1 Å². The van der Waals surface area contributed by atoms with Crippen LogP contribution in [0.5, 0.6) is 0 Å². The van der Waals surface area contributed by atoms with Gasteiger partial charge in [0.15, 0.2) is 0 Å². The number of aliphatic hydroxyl groups excluding tert-OH is 1. The number of hydrogen-bond acceptors (Lipinski definition) is 1. The predicted octanol–water partition coefficient (Wildman–Crippen LogP) is 2.78. The largest absolute Gasteiger partial charge is 0.393 e. The first-order chi connectivity index (χ1) is 6.52. The van der Waals surface area contributed by atoms with Crippen molar-refractivity contribution in [1.82, 2.24) is 0 Å². The first-order valence-corrected chi connectivity index (χ1v) is 4.61. The van der Waals surface area contributed by atoms with Gasteiger partial charge in [0.05, 0.1) is 6.10 Å². The summed E-state index contributed by atoms with van der Waals surface area (Å²) in [6.07, 6.45) is -1.65. The molecule has 0 amide bonds. The molecule has 2 atom stereocenters. The fourth-order valence-electron chi connectivity index (χ4n) is 1.52. The number of rotatable bonds is 3. The predicted molar refractivity (Wildman–Crippen MR) is 51.3 cm³/mol. The lowest BCUT2D eigenvalue weighted by Gasteiger charge is -2.12. The Balaban J connectivity index is 3.08. The first-order valence-electron chi connectivity index (χ1n) is 4.61. The lowest BCUT2D eigenvalue weighted by atomic mass is 9.99. The first kappa shape index (κ1) is 11.1. The molecule has 0 aliphatic rings. The highest BCUT2D eigenvalue weighted by molar-refractivity contribution is 5.30. The molecule has 0 aromatic heterocycles. The zero-order valence-electron chi connectivity index (χ0n) is 8.30. The maximum Gasteiger partial charge on any atom is 0.129 e. The molecule has 1 nitrogen and oxygen atoms in total. The Morgan fingerprint density at radius 2 is 2.00 bits per heavy atom. The molecule has 0 spiro atoms. The van der Waals surface area contributed by atoms with E-state index >= 15 is 0 Å². The molecule has 1 rings (SSSR count). The summed E-state index contributed by atoms with van der Waals surface area (Å²) in [4.78, 5) is 0. The van der Waals surface area contributed by atoms with Gasteiger partial charge in [-0.15, -0.1) is 0 Å². The third-order valence-corrected chi connectivity index (χ3v) is 2.06. The SMILES string of the molecule is CC(O)Cc1cccc(F)c1C(C)F. The third-order valence-electron chi connectivity index (χ3n) is 2.06. The number of hydrogen-bond donors (Lipinski definition) is 1. The Morgan fingerprint density at radius 3 is 2.50 bits per heavy atom. The molecule has 1 N–H and O–H groups in total. The second-order valence-electron chi connectivity index (χ2n) is 3.48. The van der Waals surface area contributed by atoms with Crippen molar-refractivity contribution in [2.75, 3.05) is 0 Å². The van der Waals surface area contributed by atoms with Crippen LogP contribution in [-0.2, 0) is 6.42 Å². The Hall–Kier alpha value is -0.960. The summed E-state index contributed by atoms with van der Waals surface area (Å²) in [5, 5.41) is 9.16. The van der Waals surface area contributed by atoms with Crippen LogP contribution in [0.15, 0.2) is 18.2 Å². The number of aliphatic hydroxyl groups is 1. The summed E-state index contributed by atoms with van der Waals surface area (Å²) in [6, 6.07) is 4.40. The molecule has 0 saturated heterocycles. The summed E-state index contributed by atoms with van der Waals surface area (Å²) in [5.41, 5.74) is 0.600. The Kier molecular flexibility index (Phi) is 3.58. The summed E-state index contributed by atoms with van der Waals surface area (Å²) >= 11 is 0. The minimum atomic E-state index is -1.34. The van der Waals surface area contributed by atoms with Crippen molar-refractivity contribution in [3.63, 3.8) is 0 Å². The van der Waals surface area contributed by atoms with Crippen LogP contribution in [0, 0.1) is 5.82 Å². The zero-order valence-corrected chi connectivity index (χ0v) is 8.30. The second kappa shape index (κ2) is 4.51. The van der Waals surface area contributed by atoms with Crippen molar-refractivity contribution in [1.29, 1.82) is 0 Å². The highest BCUT2D eigenvalue weighted by Gasteiger charge is 2.15. The summed E-state index contributed by atoms with van der Waals surface area (Å²) in [5.74, 6) is -0.543. The maximum absolute atomic E-state index is 13.2. The molecule has 1 aromatic carbocycles. The molecule has 78 valence electrons. The van der Waals surface area contributed by atoms with Crippen LogP contribution in [0.3, 0.4) is 0 Å². The van der Waals surface area contributed by atoms with E-state index in [0.717, 1.165) is 0 Å². The number of alkyl halides is 1. The van der Waals surface area contributed by atoms with Gasteiger partial charge in [-0.2, -0.15) is 0 Å². The van der Waals surface area contributed by atoms with Gasteiger partial charge in [0.1, 0.15) is 12.0 Å². The molecule has 0 radical (unpaired) electrons. The number of benzene rings is 1. The molecule has 0 aliphatic carbocycles. The average Bonchev–Trinajstić information content (AvgIpc) is 2.01. The van der Waals surface area contributed by atoms with Gasteiger partial charge in [0.2, 0.25) is 0 Å². The Morgan fingerprint density at radius 1 is 1.36 bits per heavy atom. The van der Waals surface area contributed by atoms with Gasteiger partial charge >= 0.3 is 0 Å². The van der Waals surface area contributed by atoms with Crippen LogP contribution >= 0.6 is 0 Å². The van der Waals surface area contributed by atoms with E-state index in [1.807, 2.05) is 0 Å². The highest BCUT2D eigenvalue weighted by atomic mass is 19.1.